The Morgan fingerprint density at radius 3 is 3.00 bits per heavy atom. The molecule has 2 aromatic rings. The first-order chi connectivity index (χ1) is 11.2. The fourth-order valence-electron chi connectivity index (χ4n) is 2.68. The van der Waals surface area contributed by atoms with Crippen molar-refractivity contribution in [2.75, 3.05) is 19.0 Å². The number of methoxy groups -OCH3 is 1. The van der Waals surface area contributed by atoms with Gasteiger partial charge in [-0.25, -0.2) is 9.48 Å². The van der Waals surface area contributed by atoms with Crippen LogP contribution in [0.25, 0.3) is 0 Å². The highest BCUT2D eigenvalue weighted by molar-refractivity contribution is 5.92. The summed E-state index contributed by atoms with van der Waals surface area (Å²) in [4.78, 5) is 16.7. The zero-order chi connectivity index (χ0) is 16.4. The first kappa shape index (κ1) is 15.1. The molecule has 1 aromatic heterocycles. The summed E-state index contributed by atoms with van der Waals surface area (Å²) < 4.78 is 12.2. The molecule has 0 saturated heterocycles. The van der Waals surface area contributed by atoms with Crippen molar-refractivity contribution < 1.29 is 14.3 Å². The van der Waals surface area contributed by atoms with Gasteiger partial charge in [0.25, 0.3) is 0 Å². The number of anilines is 1. The standard InChI is InChI=1S/C16H18N4O3/c1-4-23-15(21)13-10(2)19-16-17-9-18-20(16)14(13)11-6-5-7-12(8-11)22-3/h5-9,14H,4H2,1-3H3,(H,17,18,19). The van der Waals surface area contributed by atoms with Gasteiger partial charge in [-0.1, -0.05) is 12.1 Å². The van der Waals surface area contributed by atoms with Gasteiger partial charge in [0, 0.05) is 5.70 Å². The highest BCUT2D eigenvalue weighted by Gasteiger charge is 2.34. The Morgan fingerprint density at radius 2 is 2.26 bits per heavy atom. The monoisotopic (exact) mass is 314 g/mol. The van der Waals surface area contributed by atoms with Gasteiger partial charge in [-0.05, 0) is 31.5 Å². The van der Waals surface area contributed by atoms with Crippen molar-refractivity contribution >= 4 is 11.9 Å². The molecule has 2 heterocycles. The van der Waals surface area contributed by atoms with E-state index in [1.807, 2.05) is 31.2 Å². The van der Waals surface area contributed by atoms with Crippen molar-refractivity contribution in [3.05, 3.63) is 47.4 Å². The molecule has 1 aromatic carbocycles. The van der Waals surface area contributed by atoms with Crippen molar-refractivity contribution in [3.63, 3.8) is 0 Å². The summed E-state index contributed by atoms with van der Waals surface area (Å²) in [5.74, 6) is 0.929. The first-order valence-corrected chi connectivity index (χ1v) is 7.34. The third-order valence-electron chi connectivity index (χ3n) is 3.70. The van der Waals surface area contributed by atoms with Crippen LogP contribution in [0.1, 0.15) is 25.5 Å². The van der Waals surface area contributed by atoms with E-state index in [9.17, 15) is 4.79 Å². The molecule has 3 rings (SSSR count). The van der Waals surface area contributed by atoms with Crippen LogP contribution in [0.15, 0.2) is 41.9 Å². The average Bonchev–Trinajstić information content (AvgIpc) is 3.01. The molecule has 0 aliphatic carbocycles. The molecule has 0 amide bonds. The van der Waals surface area contributed by atoms with Gasteiger partial charge in [-0.3, -0.25) is 0 Å². The minimum atomic E-state index is -0.414. The van der Waals surface area contributed by atoms with Gasteiger partial charge >= 0.3 is 5.97 Å². The number of rotatable bonds is 4. The lowest BCUT2D eigenvalue weighted by molar-refractivity contribution is -0.139. The Labute approximate surface area is 133 Å². The van der Waals surface area contributed by atoms with Gasteiger partial charge in [0.05, 0.1) is 19.3 Å². The van der Waals surface area contributed by atoms with Gasteiger partial charge in [0.15, 0.2) is 0 Å². The highest BCUT2D eigenvalue weighted by atomic mass is 16.5. The molecule has 0 bridgehead atoms. The number of nitrogens with one attached hydrogen (secondary N) is 1. The number of hydrogen-bond acceptors (Lipinski definition) is 6. The summed E-state index contributed by atoms with van der Waals surface area (Å²) >= 11 is 0. The van der Waals surface area contributed by atoms with Crippen molar-refractivity contribution in [3.8, 4) is 5.75 Å². The SMILES string of the molecule is CCOC(=O)C1=C(C)Nc2ncnn2C1c1cccc(OC)c1. The van der Waals surface area contributed by atoms with Crippen LogP contribution in [0.2, 0.25) is 0 Å². The van der Waals surface area contributed by atoms with Gasteiger partial charge < -0.3 is 14.8 Å². The zero-order valence-corrected chi connectivity index (χ0v) is 13.2. The third-order valence-corrected chi connectivity index (χ3v) is 3.70. The Morgan fingerprint density at radius 1 is 1.43 bits per heavy atom. The van der Waals surface area contributed by atoms with E-state index in [1.54, 1.807) is 18.7 Å². The van der Waals surface area contributed by atoms with Crippen molar-refractivity contribution in [2.24, 2.45) is 0 Å². The minimum Gasteiger partial charge on any atom is -0.497 e. The van der Waals surface area contributed by atoms with Gasteiger partial charge in [0.2, 0.25) is 5.95 Å². The first-order valence-electron chi connectivity index (χ1n) is 7.34. The number of aromatic nitrogens is 3. The largest absolute Gasteiger partial charge is 0.497 e. The van der Waals surface area contributed by atoms with E-state index in [1.165, 1.54) is 6.33 Å². The normalized spacial score (nSPS) is 16.6. The molecule has 7 nitrogen and oxygen atoms in total. The van der Waals surface area contributed by atoms with Crippen LogP contribution in [0.4, 0.5) is 5.95 Å². The molecule has 1 aliphatic heterocycles. The van der Waals surface area contributed by atoms with Crippen LogP contribution in [-0.4, -0.2) is 34.5 Å². The number of benzene rings is 1. The molecule has 1 atom stereocenters. The summed E-state index contributed by atoms with van der Waals surface area (Å²) in [7, 11) is 1.61. The molecular formula is C16H18N4O3. The molecule has 0 saturated carbocycles. The van der Waals surface area contributed by atoms with Gasteiger partial charge in [-0.15, -0.1) is 0 Å². The number of esters is 1. The minimum absolute atomic E-state index is 0.310. The average molecular weight is 314 g/mol. The number of carbonyl (C=O) groups is 1. The van der Waals surface area contributed by atoms with E-state index in [2.05, 4.69) is 15.4 Å². The molecule has 1 aliphatic rings. The molecule has 7 heteroatoms. The van der Waals surface area contributed by atoms with Crippen LogP contribution >= 0.6 is 0 Å². The molecule has 23 heavy (non-hydrogen) atoms. The summed E-state index contributed by atoms with van der Waals surface area (Å²) in [6, 6.07) is 7.13. The topological polar surface area (TPSA) is 78.3 Å². The van der Waals surface area contributed by atoms with Gasteiger partial charge in [-0.2, -0.15) is 10.1 Å². The number of nitrogens with zero attached hydrogens (tertiary/aromatic N) is 3. The molecule has 120 valence electrons. The fourth-order valence-corrected chi connectivity index (χ4v) is 2.68. The second-order valence-corrected chi connectivity index (χ2v) is 5.09. The van der Waals surface area contributed by atoms with Crippen LogP contribution < -0.4 is 10.1 Å². The molecule has 0 fully saturated rings. The van der Waals surface area contributed by atoms with E-state index >= 15 is 0 Å². The molecular weight excluding hydrogens is 296 g/mol. The van der Waals surface area contributed by atoms with Crippen molar-refractivity contribution in [1.29, 1.82) is 0 Å². The van der Waals surface area contributed by atoms with Crippen LogP contribution in [-0.2, 0) is 9.53 Å². The number of carbonyl (C=O) groups excluding carboxylic acids is 1. The smallest absolute Gasteiger partial charge is 0.338 e. The number of hydrogen-bond donors (Lipinski definition) is 1. The molecule has 1 N–H and O–H groups in total. The number of allylic oxidation sites excluding steroid dienone is 1. The van der Waals surface area contributed by atoms with E-state index < -0.39 is 6.04 Å². The third kappa shape index (κ3) is 2.65. The Kier molecular flexibility index (Phi) is 4.01. The molecule has 0 radical (unpaired) electrons. The maximum absolute atomic E-state index is 12.5. The lowest BCUT2D eigenvalue weighted by atomic mass is 9.95. The lowest BCUT2D eigenvalue weighted by Gasteiger charge is -2.28. The quantitative estimate of drug-likeness (QED) is 0.871. The van der Waals surface area contributed by atoms with E-state index in [0.717, 1.165) is 5.56 Å². The number of ether oxygens (including phenoxy) is 2. The van der Waals surface area contributed by atoms with E-state index in [-0.39, 0.29) is 5.97 Å². The molecule has 1 unspecified atom stereocenters. The summed E-state index contributed by atoms with van der Waals surface area (Å²) in [6.07, 6.45) is 1.46. The van der Waals surface area contributed by atoms with Crippen LogP contribution in [0, 0.1) is 0 Å². The van der Waals surface area contributed by atoms with E-state index in [0.29, 0.717) is 29.6 Å². The second-order valence-electron chi connectivity index (χ2n) is 5.09. The highest BCUT2D eigenvalue weighted by Crippen LogP contribution is 2.36. The number of fused-ring (bicyclic) bond motifs is 1. The Bertz CT molecular complexity index is 766. The summed E-state index contributed by atoms with van der Waals surface area (Å²) in [5, 5.41) is 7.35. The Hall–Kier alpha value is -2.83. The van der Waals surface area contributed by atoms with Crippen molar-refractivity contribution in [2.45, 2.75) is 19.9 Å². The Balaban J connectivity index is 2.14. The second kappa shape index (κ2) is 6.12. The predicted molar refractivity (Wildman–Crippen MR) is 84.1 cm³/mol. The fraction of sp³-hybridized carbons (Fsp3) is 0.312. The lowest BCUT2D eigenvalue weighted by Crippen LogP contribution is -2.29. The van der Waals surface area contributed by atoms with Crippen LogP contribution in [0.5, 0.6) is 5.75 Å². The van der Waals surface area contributed by atoms with E-state index in [4.69, 9.17) is 9.47 Å². The van der Waals surface area contributed by atoms with Crippen molar-refractivity contribution in [1.82, 2.24) is 14.8 Å². The van der Waals surface area contributed by atoms with Crippen LogP contribution in [0.3, 0.4) is 0 Å². The summed E-state index contributed by atoms with van der Waals surface area (Å²) in [6.45, 7) is 3.92. The van der Waals surface area contributed by atoms with Gasteiger partial charge in [0.1, 0.15) is 18.1 Å². The maximum atomic E-state index is 12.5. The zero-order valence-electron chi connectivity index (χ0n) is 13.2. The molecule has 0 spiro atoms. The summed E-state index contributed by atoms with van der Waals surface area (Å²) in [5.41, 5.74) is 2.09. The predicted octanol–water partition coefficient (Wildman–Crippen LogP) is 2.14. The maximum Gasteiger partial charge on any atom is 0.338 e.